The van der Waals surface area contributed by atoms with E-state index >= 15 is 0 Å². The molecule has 2 aromatic rings. The fourth-order valence-electron chi connectivity index (χ4n) is 5.37. The minimum absolute atomic E-state index is 0.0410. The lowest BCUT2D eigenvalue weighted by Crippen LogP contribution is -2.65. The third kappa shape index (κ3) is 3.57. The van der Waals surface area contributed by atoms with Crippen molar-refractivity contribution >= 4 is 17.7 Å². The van der Waals surface area contributed by atoms with Crippen LogP contribution >= 0.6 is 0 Å². The third-order valence-corrected chi connectivity index (χ3v) is 6.80. The first kappa shape index (κ1) is 21.6. The van der Waals surface area contributed by atoms with Crippen LogP contribution in [-0.2, 0) is 23.7 Å². The number of methoxy groups -OCH3 is 1. The highest BCUT2D eigenvalue weighted by atomic mass is 16.7. The molecule has 1 aliphatic heterocycles. The van der Waals surface area contributed by atoms with Gasteiger partial charge in [-0.05, 0) is 36.6 Å². The third-order valence-electron chi connectivity index (χ3n) is 6.80. The number of carbonyl (C=O) groups excluding carboxylic acids is 3. The number of Topliss-reactive ketones (excluding diaryl/α,β-unsaturated/α-hetero) is 1. The van der Waals surface area contributed by atoms with E-state index in [0.29, 0.717) is 17.5 Å². The second kappa shape index (κ2) is 8.57. The maximum atomic E-state index is 13.6. The molecule has 2 fully saturated rings. The van der Waals surface area contributed by atoms with E-state index in [0.717, 1.165) is 0 Å². The van der Waals surface area contributed by atoms with Gasteiger partial charge in [0, 0.05) is 18.9 Å². The first-order valence-corrected chi connectivity index (χ1v) is 11.0. The average Bonchev–Trinajstić information content (AvgIpc) is 3.46. The number of benzene rings is 2. The molecule has 6 atom stereocenters. The quantitative estimate of drug-likeness (QED) is 0.495. The highest BCUT2D eigenvalue weighted by molar-refractivity contribution is 5.98. The van der Waals surface area contributed by atoms with Gasteiger partial charge in [0.1, 0.15) is 12.7 Å². The summed E-state index contributed by atoms with van der Waals surface area (Å²) in [4.78, 5) is 39.1. The molecule has 5 rings (SSSR count). The molecule has 1 heterocycles. The standard InChI is InChI=1S/C26H24O7/c1-30-25-22(27)26(33-24(29)17-10-6-3-7-11-17)19-13-12-18(14-19)21(26)20(32-25)15-31-23(28)16-8-4-2-5-9-16/h2-13,18-21,25H,14-15H2,1H3/t18-,19+,20-,21-,25+,26+/m1/s1. The minimum Gasteiger partial charge on any atom is -0.459 e. The molecule has 2 aliphatic carbocycles. The molecule has 0 amide bonds. The van der Waals surface area contributed by atoms with Gasteiger partial charge in [-0.25, -0.2) is 9.59 Å². The number of hydrogen-bond donors (Lipinski definition) is 0. The zero-order chi connectivity index (χ0) is 23.0. The van der Waals surface area contributed by atoms with Crippen LogP contribution in [0.15, 0.2) is 72.8 Å². The van der Waals surface area contributed by atoms with Crippen molar-refractivity contribution in [3.63, 3.8) is 0 Å². The number of allylic oxidation sites excluding steroid dienone is 1. The van der Waals surface area contributed by atoms with Gasteiger partial charge in [-0.1, -0.05) is 48.6 Å². The first-order chi connectivity index (χ1) is 16.0. The Morgan fingerprint density at radius 3 is 2.24 bits per heavy atom. The van der Waals surface area contributed by atoms with Crippen molar-refractivity contribution in [1.82, 2.24) is 0 Å². The van der Waals surface area contributed by atoms with Gasteiger partial charge in [-0.3, -0.25) is 4.79 Å². The summed E-state index contributed by atoms with van der Waals surface area (Å²) < 4.78 is 22.9. The largest absolute Gasteiger partial charge is 0.459 e. The molecular weight excluding hydrogens is 424 g/mol. The highest BCUT2D eigenvalue weighted by Gasteiger charge is 2.69. The van der Waals surface area contributed by atoms with Gasteiger partial charge in [0.2, 0.25) is 12.1 Å². The lowest BCUT2D eigenvalue weighted by molar-refractivity contribution is -0.243. The molecule has 0 spiro atoms. The molecule has 0 radical (unpaired) electrons. The van der Waals surface area contributed by atoms with Crippen molar-refractivity contribution < 1.29 is 33.3 Å². The van der Waals surface area contributed by atoms with Crippen LogP contribution in [0.5, 0.6) is 0 Å². The van der Waals surface area contributed by atoms with Crippen LogP contribution in [0.4, 0.5) is 0 Å². The number of esters is 2. The van der Waals surface area contributed by atoms with E-state index < -0.39 is 41.6 Å². The van der Waals surface area contributed by atoms with Crippen molar-refractivity contribution in [1.29, 1.82) is 0 Å². The van der Waals surface area contributed by atoms with E-state index in [9.17, 15) is 14.4 Å². The molecule has 7 heteroatoms. The second-order valence-electron chi connectivity index (χ2n) is 8.54. The van der Waals surface area contributed by atoms with Crippen LogP contribution in [0.3, 0.4) is 0 Å². The van der Waals surface area contributed by atoms with Crippen molar-refractivity contribution in [2.75, 3.05) is 13.7 Å². The van der Waals surface area contributed by atoms with E-state index in [1.54, 1.807) is 54.6 Å². The monoisotopic (exact) mass is 448 g/mol. The fourth-order valence-corrected chi connectivity index (χ4v) is 5.37. The molecule has 0 aromatic heterocycles. The Balaban J connectivity index is 1.44. The average molecular weight is 448 g/mol. The molecule has 0 unspecified atom stereocenters. The van der Waals surface area contributed by atoms with Crippen molar-refractivity contribution in [3.8, 4) is 0 Å². The van der Waals surface area contributed by atoms with Crippen LogP contribution < -0.4 is 0 Å². The molecule has 3 aliphatic rings. The Bertz CT molecular complexity index is 1080. The SMILES string of the molecule is CO[C@H]1O[C@H](COC(=O)c2ccccc2)[C@H]2[C@@H]3C=C[C@@H](C3)[C@@]2(OC(=O)c2ccccc2)C1=O. The lowest BCUT2D eigenvalue weighted by Gasteiger charge is -2.48. The number of hydrogen-bond acceptors (Lipinski definition) is 7. The van der Waals surface area contributed by atoms with Gasteiger partial charge < -0.3 is 18.9 Å². The van der Waals surface area contributed by atoms with E-state index in [1.807, 2.05) is 18.2 Å². The Labute approximate surface area is 191 Å². The lowest BCUT2D eigenvalue weighted by atomic mass is 9.71. The number of fused-ring (bicyclic) bond motifs is 5. The van der Waals surface area contributed by atoms with Gasteiger partial charge in [-0.2, -0.15) is 0 Å². The zero-order valence-electron chi connectivity index (χ0n) is 18.1. The van der Waals surface area contributed by atoms with Crippen LogP contribution in [0.25, 0.3) is 0 Å². The maximum Gasteiger partial charge on any atom is 0.339 e. The van der Waals surface area contributed by atoms with E-state index in [1.165, 1.54) is 7.11 Å². The Morgan fingerprint density at radius 2 is 1.61 bits per heavy atom. The fraction of sp³-hybridized carbons (Fsp3) is 0.346. The van der Waals surface area contributed by atoms with Gasteiger partial charge in [0.05, 0.1) is 11.1 Å². The summed E-state index contributed by atoms with van der Waals surface area (Å²) in [6.45, 7) is -0.0900. The van der Waals surface area contributed by atoms with E-state index in [4.69, 9.17) is 18.9 Å². The van der Waals surface area contributed by atoms with Gasteiger partial charge in [0.15, 0.2) is 5.60 Å². The Hall–Kier alpha value is -3.29. The van der Waals surface area contributed by atoms with Crippen molar-refractivity contribution in [2.45, 2.75) is 24.4 Å². The Kier molecular flexibility index (Phi) is 5.60. The van der Waals surface area contributed by atoms with Gasteiger partial charge in [-0.15, -0.1) is 0 Å². The molecule has 2 bridgehead atoms. The summed E-state index contributed by atoms with van der Waals surface area (Å²) in [5, 5.41) is 0. The molecular formula is C26H24O7. The smallest absolute Gasteiger partial charge is 0.339 e. The molecule has 1 saturated carbocycles. The molecule has 33 heavy (non-hydrogen) atoms. The summed E-state index contributed by atoms with van der Waals surface area (Å²) in [7, 11) is 1.37. The Morgan fingerprint density at radius 1 is 0.970 bits per heavy atom. The van der Waals surface area contributed by atoms with E-state index in [-0.39, 0.29) is 18.4 Å². The van der Waals surface area contributed by atoms with Crippen molar-refractivity contribution in [2.24, 2.45) is 17.8 Å². The van der Waals surface area contributed by atoms with E-state index in [2.05, 4.69) is 0 Å². The summed E-state index contributed by atoms with van der Waals surface area (Å²) in [5.74, 6) is -2.30. The molecule has 170 valence electrons. The minimum atomic E-state index is -1.44. The summed E-state index contributed by atoms with van der Waals surface area (Å²) in [6.07, 6.45) is 2.71. The molecule has 1 saturated heterocycles. The van der Waals surface area contributed by atoms with Gasteiger partial charge >= 0.3 is 11.9 Å². The zero-order valence-corrected chi connectivity index (χ0v) is 18.1. The molecule has 0 N–H and O–H groups in total. The van der Waals surface area contributed by atoms with Crippen LogP contribution in [-0.4, -0.2) is 49.4 Å². The summed E-state index contributed by atoms with van der Waals surface area (Å²) in [5.41, 5.74) is -0.658. The maximum absolute atomic E-state index is 13.6. The summed E-state index contributed by atoms with van der Waals surface area (Å²) >= 11 is 0. The van der Waals surface area contributed by atoms with Crippen LogP contribution in [0.2, 0.25) is 0 Å². The normalized spacial score (nSPS) is 31.8. The molecule has 7 nitrogen and oxygen atoms in total. The number of carbonyl (C=O) groups is 3. The predicted molar refractivity (Wildman–Crippen MR) is 116 cm³/mol. The molecule has 2 aromatic carbocycles. The topological polar surface area (TPSA) is 88.1 Å². The van der Waals surface area contributed by atoms with Gasteiger partial charge in [0.25, 0.3) is 0 Å². The number of ether oxygens (including phenoxy) is 4. The summed E-state index contributed by atoms with van der Waals surface area (Å²) in [6, 6.07) is 17.2. The van der Waals surface area contributed by atoms with Crippen LogP contribution in [0.1, 0.15) is 27.1 Å². The van der Waals surface area contributed by atoms with Crippen LogP contribution in [0, 0.1) is 17.8 Å². The second-order valence-corrected chi connectivity index (χ2v) is 8.54. The number of ketones is 1. The number of rotatable bonds is 6. The van der Waals surface area contributed by atoms with Crippen molar-refractivity contribution in [3.05, 3.63) is 83.9 Å². The predicted octanol–water partition coefficient (Wildman–Crippen LogP) is 3.20. The highest BCUT2D eigenvalue weighted by Crippen LogP contribution is 2.57. The first-order valence-electron chi connectivity index (χ1n) is 11.0.